The van der Waals surface area contributed by atoms with Crippen LogP contribution in [0.15, 0.2) is 28.6 Å². The van der Waals surface area contributed by atoms with Gasteiger partial charge in [-0.2, -0.15) is 0 Å². The summed E-state index contributed by atoms with van der Waals surface area (Å²) in [5.41, 5.74) is 1.61. The third-order valence-corrected chi connectivity index (χ3v) is 1.93. The molecule has 0 amide bonds. The van der Waals surface area contributed by atoms with Crippen molar-refractivity contribution in [2.24, 2.45) is 0 Å². The first-order valence-electron chi connectivity index (χ1n) is 4.15. The molecule has 4 heteroatoms. The maximum atomic E-state index is 11.1. The smallest absolute Gasteiger partial charge is 0.337 e. The number of carbonyl (C=O) groups is 1. The fourth-order valence-corrected chi connectivity index (χ4v) is 1.33. The molecule has 0 spiro atoms. The molecule has 0 radical (unpaired) electrons. The van der Waals surface area contributed by atoms with Crippen LogP contribution in [-0.2, 0) is 4.74 Å². The first-order valence-corrected chi connectivity index (χ1v) is 4.95. The van der Waals surface area contributed by atoms with Crippen molar-refractivity contribution in [1.29, 1.82) is 0 Å². The topological polar surface area (TPSA) is 26.3 Å². The molecule has 0 saturated carbocycles. The molecule has 0 heterocycles. The molecule has 0 bridgehead atoms. The van der Waals surface area contributed by atoms with Gasteiger partial charge >= 0.3 is 5.97 Å². The van der Waals surface area contributed by atoms with Crippen LogP contribution in [0.3, 0.4) is 0 Å². The van der Waals surface area contributed by atoms with Crippen LogP contribution in [0.1, 0.15) is 15.9 Å². The summed E-state index contributed by atoms with van der Waals surface area (Å²) >= 11 is 3.34. The lowest BCUT2D eigenvalue weighted by molar-refractivity contribution is 0.0601. The zero-order chi connectivity index (χ0) is 10.6. The van der Waals surface area contributed by atoms with Crippen LogP contribution in [0, 0.1) is 0 Å². The van der Waals surface area contributed by atoms with Gasteiger partial charge in [0.05, 0.1) is 12.7 Å². The van der Waals surface area contributed by atoms with Gasteiger partial charge in [0.2, 0.25) is 0 Å². The minimum absolute atomic E-state index is 0.309. The molecule has 2 nitrogen and oxygen atoms in total. The molecule has 1 aromatic rings. The quantitative estimate of drug-likeness (QED) is 0.593. The highest BCUT2D eigenvalue weighted by Crippen LogP contribution is 2.11. The largest absolute Gasteiger partial charge is 0.465 e. The summed E-state index contributed by atoms with van der Waals surface area (Å²) in [7, 11) is 3.33. The van der Waals surface area contributed by atoms with E-state index >= 15 is 0 Å². The third-order valence-electron chi connectivity index (χ3n) is 1.70. The van der Waals surface area contributed by atoms with Crippen LogP contribution in [-0.4, -0.2) is 20.9 Å². The van der Waals surface area contributed by atoms with Gasteiger partial charge in [0, 0.05) is 0 Å². The Bertz CT molecular complexity index is 353. The van der Waals surface area contributed by atoms with Crippen LogP contribution in [0.4, 0.5) is 0 Å². The second-order valence-corrected chi connectivity index (χ2v) is 4.10. The van der Waals surface area contributed by atoms with E-state index in [1.807, 2.05) is 26.1 Å². The zero-order valence-electron chi connectivity index (χ0n) is 8.08. The molecule has 0 aliphatic rings. The molecule has 0 aromatic heterocycles. The van der Waals surface area contributed by atoms with Crippen LogP contribution in [0.2, 0.25) is 0 Å². The number of hydrogen-bond acceptors (Lipinski definition) is 2. The summed E-state index contributed by atoms with van der Waals surface area (Å²) in [5, 5.41) is 0. The van der Waals surface area contributed by atoms with Crippen molar-refractivity contribution in [1.82, 2.24) is 0 Å². The van der Waals surface area contributed by atoms with Gasteiger partial charge in [0.1, 0.15) is 7.85 Å². The zero-order valence-corrected chi connectivity index (χ0v) is 9.67. The van der Waals surface area contributed by atoms with Gasteiger partial charge < -0.3 is 4.74 Å². The van der Waals surface area contributed by atoms with E-state index in [0.29, 0.717) is 5.56 Å². The molecule has 0 atom stereocenters. The van der Waals surface area contributed by atoms with Gasteiger partial charge in [-0.1, -0.05) is 34.1 Å². The Kier molecular flexibility index (Phi) is 3.95. The molecule has 0 fully saturated rings. The highest BCUT2D eigenvalue weighted by atomic mass is 79.9. The van der Waals surface area contributed by atoms with E-state index < -0.39 is 0 Å². The van der Waals surface area contributed by atoms with Gasteiger partial charge in [-0.3, -0.25) is 0 Å². The molecule has 1 rings (SSSR count). The molecule has 72 valence electrons. The van der Waals surface area contributed by atoms with Gasteiger partial charge in [-0.05, 0) is 22.1 Å². The number of benzene rings is 1. The lowest BCUT2D eigenvalue weighted by atomic mass is 10.1. The van der Waals surface area contributed by atoms with E-state index in [1.54, 1.807) is 12.1 Å². The average Bonchev–Trinajstić information content (AvgIpc) is 2.17. The number of carbonyl (C=O) groups excluding carboxylic acids is 1. The van der Waals surface area contributed by atoms with E-state index in [-0.39, 0.29) is 5.97 Å². The summed E-state index contributed by atoms with van der Waals surface area (Å²) in [4.78, 5) is 11.1. The number of methoxy groups -OCH3 is 1. The second-order valence-electron chi connectivity index (χ2n) is 2.84. The highest BCUT2D eigenvalue weighted by molar-refractivity contribution is 9.12. The monoisotopic (exact) mass is 252 g/mol. The van der Waals surface area contributed by atoms with E-state index in [1.165, 1.54) is 7.11 Å². The number of ether oxygens (including phenoxy) is 1. The molecular weight excluding hydrogens is 243 g/mol. The standard InChI is InChI=1S/C10H10BBrO2/c1-14-10(13)8-4-2-7(3-5-8)6-9(11)12/h2-6H,11H2,1H3/b9-6+. The lowest BCUT2D eigenvalue weighted by Crippen LogP contribution is -2.00. The minimum Gasteiger partial charge on any atom is -0.465 e. The van der Waals surface area contributed by atoms with Crippen LogP contribution in [0.5, 0.6) is 0 Å². The second kappa shape index (κ2) is 5.01. The molecule has 0 aliphatic heterocycles. The fourth-order valence-electron chi connectivity index (χ4n) is 1.06. The number of halogens is 1. The summed E-state index contributed by atoms with van der Waals surface area (Å²) in [6.07, 6.45) is 1.97. The maximum absolute atomic E-state index is 11.1. The van der Waals surface area contributed by atoms with Crippen molar-refractivity contribution in [2.75, 3.05) is 7.11 Å². The Balaban J connectivity index is 2.89. The van der Waals surface area contributed by atoms with Gasteiger partial charge in [0.15, 0.2) is 0 Å². The van der Waals surface area contributed by atoms with Crippen molar-refractivity contribution in [3.05, 3.63) is 39.8 Å². The Morgan fingerprint density at radius 3 is 2.43 bits per heavy atom. The SMILES string of the molecule is B/C(Br)=C\c1ccc(C(=O)OC)cc1. The number of rotatable bonds is 2. The third kappa shape index (κ3) is 3.03. The van der Waals surface area contributed by atoms with Gasteiger partial charge in [0.25, 0.3) is 0 Å². The molecule has 0 saturated heterocycles. The summed E-state index contributed by atoms with van der Waals surface area (Å²) in [6, 6.07) is 7.23. The molecule has 0 unspecified atom stereocenters. The van der Waals surface area contributed by atoms with E-state index in [9.17, 15) is 4.79 Å². The Labute approximate surface area is 92.5 Å². The Morgan fingerprint density at radius 1 is 1.43 bits per heavy atom. The van der Waals surface area contributed by atoms with Crippen LogP contribution >= 0.6 is 15.9 Å². The molecule has 1 aromatic carbocycles. The van der Waals surface area contributed by atoms with Crippen molar-refractivity contribution in [3.8, 4) is 0 Å². The maximum Gasteiger partial charge on any atom is 0.337 e. The summed E-state index contributed by atoms with van der Waals surface area (Å²) in [5.74, 6) is -0.309. The summed E-state index contributed by atoms with van der Waals surface area (Å²) < 4.78 is 5.64. The van der Waals surface area contributed by atoms with Crippen molar-refractivity contribution in [3.63, 3.8) is 0 Å². The molecular formula is C10H10BBrO2. The van der Waals surface area contributed by atoms with Crippen molar-refractivity contribution < 1.29 is 9.53 Å². The predicted octanol–water partition coefficient (Wildman–Crippen LogP) is 1.80. The minimum atomic E-state index is -0.309. The van der Waals surface area contributed by atoms with E-state index in [0.717, 1.165) is 9.95 Å². The first-order chi connectivity index (χ1) is 6.63. The molecule has 0 N–H and O–H groups in total. The van der Waals surface area contributed by atoms with Crippen molar-refractivity contribution >= 4 is 35.8 Å². The fraction of sp³-hybridized carbons (Fsp3) is 0.100. The average molecular weight is 253 g/mol. The summed E-state index contributed by atoms with van der Waals surface area (Å²) in [6.45, 7) is 0. The van der Waals surface area contributed by atoms with Crippen LogP contribution < -0.4 is 0 Å². The van der Waals surface area contributed by atoms with Crippen LogP contribution in [0.25, 0.3) is 6.08 Å². The van der Waals surface area contributed by atoms with Gasteiger partial charge in [-0.25, -0.2) is 4.79 Å². The van der Waals surface area contributed by atoms with Gasteiger partial charge in [-0.15, -0.1) is 0 Å². The van der Waals surface area contributed by atoms with E-state index in [4.69, 9.17) is 0 Å². The number of esters is 1. The lowest BCUT2D eigenvalue weighted by Gasteiger charge is -1.99. The Morgan fingerprint density at radius 2 is 2.00 bits per heavy atom. The first kappa shape index (κ1) is 11.1. The highest BCUT2D eigenvalue weighted by Gasteiger charge is 2.02. The van der Waals surface area contributed by atoms with Crippen molar-refractivity contribution in [2.45, 2.75) is 0 Å². The number of hydrogen-bond donors (Lipinski definition) is 0. The molecule has 14 heavy (non-hydrogen) atoms. The van der Waals surface area contributed by atoms with E-state index in [2.05, 4.69) is 20.7 Å². The Hall–Kier alpha value is -1.03. The normalized spacial score (nSPS) is 11.1. The molecule has 0 aliphatic carbocycles. The predicted molar refractivity (Wildman–Crippen MR) is 63.2 cm³/mol.